The van der Waals surface area contributed by atoms with Gasteiger partial charge in [-0.25, -0.2) is 0 Å². The molecule has 2 amide bonds. The molecule has 0 saturated carbocycles. The maximum atomic E-state index is 12.0. The molecule has 2 atom stereocenters. The Morgan fingerprint density at radius 2 is 1.79 bits per heavy atom. The van der Waals surface area contributed by atoms with Gasteiger partial charge in [0.15, 0.2) is 0 Å². The highest BCUT2D eigenvalue weighted by Gasteiger charge is 2.18. The van der Waals surface area contributed by atoms with Crippen molar-refractivity contribution in [2.75, 3.05) is 0 Å². The number of hydrogen-bond acceptors (Lipinski definition) is 2. The minimum atomic E-state index is -0.541. The van der Waals surface area contributed by atoms with Gasteiger partial charge in [0.1, 0.15) is 6.04 Å². The maximum Gasteiger partial charge on any atom is 0.252 e. The van der Waals surface area contributed by atoms with Gasteiger partial charge < -0.3 is 10.6 Å². The van der Waals surface area contributed by atoms with E-state index in [1.165, 1.54) is 0 Å². The van der Waals surface area contributed by atoms with Crippen molar-refractivity contribution >= 4 is 11.8 Å². The third-order valence-electron chi connectivity index (χ3n) is 3.13. The Labute approximate surface area is 114 Å². The van der Waals surface area contributed by atoms with E-state index in [2.05, 4.69) is 10.6 Å². The Hall–Kier alpha value is -1.84. The normalized spacial score (nSPS) is 13.5. The largest absolute Gasteiger partial charge is 0.352 e. The lowest BCUT2D eigenvalue weighted by molar-refractivity contribution is -0.123. The molecule has 0 spiro atoms. The van der Waals surface area contributed by atoms with Crippen LogP contribution in [0.1, 0.15) is 43.1 Å². The van der Waals surface area contributed by atoms with E-state index in [0.29, 0.717) is 5.56 Å². The second kappa shape index (κ2) is 6.92. The van der Waals surface area contributed by atoms with Gasteiger partial charge in [-0.1, -0.05) is 25.1 Å². The summed E-state index contributed by atoms with van der Waals surface area (Å²) in [7, 11) is 0. The van der Waals surface area contributed by atoms with Gasteiger partial charge in [-0.15, -0.1) is 0 Å². The van der Waals surface area contributed by atoms with Crippen LogP contribution in [-0.2, 0) is 4.79 Å². The van der Waals surface area contributed by atoms with Crippen molar-refractivity contribution in [3.63, 3.8) is 0 Å². The maximum absolute atomic E-state index is 12.0. The van der Waals surface area contributed by atoms with Crippen molar-refractivity contribution in [2.45, 2.75) is 46.2 Å². The van der Waals surface area contributed by atoms with Gasteiger partial charge in [0.05, 0.1) is 0 Å². The number of rotatable bonds is 5. The molecular formula is C15H22N2O2. The summed E-state index contributed by atoms with van der Waals surface area (Å²) in [5.41, 5.74) is 1.50. The Kier molecular flexibility index (Phi) is 5.55. The van der Waals surface area contributed by atoms with E-state index in [4.69, 9.17) is 0 Å². The molecule has 1 aromatic rings. The molecule has 0 aliphatic carbocycles. The Morgan fingerprint density at radius 3 is 2.37 bits per heavy atom. The summed E-state index contributed by atoms with van der Waals surface area (Å²) in [6.07, 6.45) is 0.865. The number of carbonyl (C=O) groups excluding carboxylic acids is 2. The van der Waals surface area contributed by atoms with Gasteiger partial charge in [0, 0.05) is 11.6 Å². The smallest absolute Gasteiger partial charge is 0.252 e. The lowest BCUT2D eigenvalue weighted by Crippen LogP contribution is -2.47. The van der Waals surface area contributed by atoms with Crippen molar-refractivity contribution in [1.82, 2.24) is 10.6 Å². The van der Waals surface area contributed by atoms with Crippen LogP contribution in [0.15, 0.2) is 24.3 Å². The molecular weight excluding hydrogens is 240 g/mol. The zero-order chi connectivity index (χ0) is 14.4. The molecule has 2 N–H and O–H groups in total. The van der Waals surface area contributed by atoms with Crippen LogP contribution in [0.2, 0.25) is 0 Å². The molecule has 0 radical (unpaired) electrons. The summed E-state index contributed by atoms with van der Waals surface area (Å²) in [6, 6.07) is 6.89. The molecule has 0 fully saturated rings. The zero-order valence-electron chi connectivity index (χ0n) is 12.0. The van der Waals surface area contributed by atoms with Gasteiger partial charge in [0.25, 0.3) is 5.91 Å². The van der Waals surface area contributed by atoms with Gasteiger partial charge in [0.2, 0.25) is 5.91 Å². The first-order chi connectivity index (χ1) is 8.95. The summed E-state index contributed by atoms with van der Waals surface area (Å²) in [5.74, 6) is -0.374. The first-order valence-electron chi connectivity index (χ1n) is 6.62. The highest BCUT2D eigenvalue weighted by molar-refractivity contribution is 5.98. The fourth-order valence-corrected chi connectivity index (χ4v) is 1.64. The number of benzene rings is 1. The fraction of sp³-hybridized carbons (Fsp3) is 0.467. The first-order valence-corrected chi connectivity index (χ1v) is 6.62. The second-order valence-corrected chi connectivity index (χ2v) is 4.83. The molecule has 0 heterocycles. The summed E-state index contributed by atoms with van der Waals surface area (Å²) in [6.45, 7) is 7.50. The van der Waals surface area contributed by atoms with Gasteiger partial charge in [-0.05, 0) is 38.8 Å². The summed E-state index contributed by atoms with van der Waals surface area (Å²) < 4.78 is 0. The second-order valence-electron chi connectivity index (χ2n) is 4.83. The monoisotopic (exact) mass is 262 g/mol. The minimum Gasteiger partial charge on any atom is -0.352 e. The molecule has 0 aromatic heterocycles. The van der Waals surface area contributed by atoms with E-state index >= 15 is 0 Å². The number of nitrogens with one attached hydrogen (secondary N) is 2. The van der Waals surface area contributed by atoms with Crippen molar-refractivity contribution in [2.24, 2.45) is 0 Å². The molecule has 104 valence electrons. The van der Waals surface area contributed by atoms with E-state index in [9.17, 15) is 9.59 Å². The third-order valence-corrected chi connectivity index (χ3v) is 3.13. The topological polar surface area (TPSA) is 58.2 Å². The van der Waals surface area contributed by atoms with E-state index in [1.807, 2.05) is 39.0 Å². The van der Waals surface area contributed by atoms with Crippen LogP contribution < -0.4 is 10.6 Å². The SMILES string of the molecule is CCC(C)NC(=O)C(C)NC(=O)c1ccccc1C. The molecule has 4 heteroatoms. The molecule has 0 aliphatic heterocycles. The number of carbonyl (C=O) groups is 2. The Morgan fingerprint density at radius 1 is 1.16 bits per heavy atom. The van der Waals surface area contributed by atoms with Gasteiger partial charge in [-0.3, -0.25) is 9.59 Å². The van der Waals surface area contributed by atoms with Crippen molar-refractivity contribution in [3.05, 3.63) is 35.4 Å². The zero-order valence-corrected chi connectivity index (χ0v) is 12.0. The average molecular weight is 262 g/mol. The molecule has 4 nitrogen and oxygen atoms in total. The fourth-order valence-electron chi connectivity index (χ4n) is 1.64. The van der Waals surface area contributed by atoms with Crippen molar-refractivity contribution in [3.8, 4) is 0 Å². The standard InChI is InChI=1S/C15H22N2O2/c1-5-11(3)16-14(18)12(4)17-15(19)13-9-7-6-8-10(13)2/h6-9,11-12H,5H2,1-4H3,(H,16,18)(H,17,19). The third kappa shape index (κ3) is 4.39. The Balaban J connectivity index is 2.62. The summed E-state index contributed by atoms with van der Waals surface area (Å²) in [4.78, 5) is 23.9. The van der Waals surface area contributed by atoms with Crippen LogP contribution in [0.5, 0.6) is 0 Å². The summed E-state index contributed by atoms with van der Waals surface area (Å²) in [5, 5.41) is 5.56. The van der Waals surface area contributed by atoms with Crippen molar-refractivity contribution in [1.29, 1.82) is 0 Å². The van der Waals surface area contributed by atoms with Crippen LogP contribution in [0.4, 0.5) is 0 Å². The van der Waals surface area contributed by atoms with E-state index in [-0.39, 0.29) is 17.9 Å². The predicted octanol–water partition coefficient (Wildman–Crippen LogP) is 2.03. The lowest BCUT2D eigenvalue weighted by atomic mass is 10.1. The highest BCUT2D eigenvalue weighted by atomic mass is 16.2. The quantitative estimate of drug-likeness (QED) is 0.853. The molecule has 0 bridgehead atoms. The molecule has 0 aliphatic rings. The molecule has 1 rings (SSSR count). The highest BCUT2D eigenvalue weighted by Crippen LogP contribution is 2.06. The number of amides is 2. The molecule has 1 aromatic carbocycles. The Bertz CT molecular complexity index is 457. The summed E-state index contributed by atoms with van der Waals surface area (Å²) >= 11 is 0. The van der Waals surface area contributed by atoms with Crippen LogP contribution in [0, 0.1) is 6.92 Å². The van der Waals surface area contributed by atoms with Crippen molar-refractivity contribution < 1.29 is 9.59 Å². The predicted molar refractivity (Wildman–Crippen MR) is 76.0 cm³/mol. The molecule has 2 unspecified atom stereocenters. The van der Waals surface area contributed by atoms with Crippen LogP contribution in [-0.4, -0.2) is 23.9 Å². The van der Waals surface area contributed by atoms with E-state index in [0.717, 1.165) is 12.0 Å². The van der Waals surface area contributed by atoms with E-state index in [1.54, 1.807) is 13.0 Å². The van der Waals surface area contributed by atoms with Crippen LogP contribution in [0.25, 0.3) is 0 Å². The number of aryl methyl sites for hydroxylation is 1. The number of hydrogen-bond donors (Lipinski definition) is 2. The van der Waals surface area contributed by atoms with E-state index < -0.39 is 6.04 Å². The van der Waals surface area contributed by atoms with Crippen LogP contribution in [0.3, 0.4) is 0 Å². The molecule has 0 saturated heterocycles. The lowest BCUT2D eigenvalue weighted by Gasteiger charge is -2.17. The average Bonchev–Trinajstić information content (AvgIpc) is 2.38. The first kappa shape index (κ1) is 15.2. The van der Waals surface area contributed by atoms with Gasteiger partial charge in [-0.2, -0.15) is 0 Å². The van der Waals surface area contributed by atoms with Gasteiger partial charge >= 0.3 is 0 Å². The van der Waals surface area contributed by atoms with Crippen LogP contribution >= 0.6 is 0 Å². The minimum absolute atomic E-state index is 0.116. The molecule has 19 heavy (non-hydrogen) atoms.